The summed E-state index contributed by atoms with van der Waals surface area (Å²) >= 11 is 0. The third kappa shape index (κ3) is 2.79. The zero-order valence-electron chi connectivity index (χ0n) is 13.7. The quantitative estimate of drug-likeness (QED) is 0.366. The molecule has 24 heavy (non-hydrogen) atoms. The number of hydrogen-bond donors (Lipinski definition) is 3. The summed E-state index contributed by atoms with van der Waals surface area (Å²) < 4.78 is 11.0. The van der Waals surface area contributed by atoms with E-state index in [1.807, 2.05) is 18.2 Å². The molecule has 0 fully saturated rings. The van der Waals surface area contributed by atoms with Gasteiger partial charge in [-0.3, -0.25) is 10.2 Å². The maximum Gasteiger partial charge on any atom is 0.284 e. The van der Waals surface area contributed by atoms with E-state index in [4.69, 9.17) is 15.3 Å². The van der Waals surface area contributed by atoms with E-state index in [2.05, 4.69) is 22.3 Å². The third-order valence-electron chi connectivity index (χ3n) is 3.82. The average Bonchev–Trinajstić information content (AvgIpc) is 2.98. The molecule has 0 saturated heterocycles. The summed E-state index contributed by atoms with van der Waals surface area (Å²) in [5.41, 5.74) is 4.86. The van der Waals surface area contributed by atoms with Crippen molar-refractivity contribution in [3.8, 4) is 5.75 Å². The first kappa shape index (κ1) is 16.2. The SMILES string of the molecule is CCCOc1ccc2[nH]c3cnc(C(=O)NN)c(COC)c3c2c1. The van der Waals surface area contributed by atoms with Gasteiger partial charge in [0.1, 0.15) is 11.4 Å². The van der Waals surface area contributed by atoms with Gasteiger partial charge in [-0.15, -0.1) is 0 Å². The molecule has 2 aromatic heterocycles. The number of hydrogen-bond acceptors (Lipinski definition) is 5. The van der Waals surface area contributed by atoms with Gasteiger partial charge in [0.25, 0.3) is 5.91 Å². The lowest BCUT2D eigenvalue weighted by molar-refractivity contribution is 0.0943. The second-order valence-electron chi connectivity index (χ2n) is 5.46. The van der Waals surface area contributed by atoms with Crippen molar-refractivity contribution in [1.29, 1.82) is 0 Å². The van der Waals surface area contributed by atoms with E-state index in [0.717, 1.165) is 34.0 Å². The number of nitrogen functional groups attached to an aromatic ring is 1. The number of fused-ring (bicyclic) bond motifs is 3. The predicted octanol–water partition coefficient (Wildman–Crippen LogP) is 2.25. The van der Waals surface area contributed by atoms with Gasteiger partial charge < -0.3 is 14.5 Å². The first-order chi connectivity index (χ1) is 11.7. The molecule has 0 radical (unpaired) electrons. The number of nitrogens with one attached hydrogen (secondary N) is 2. The molecule has 0 aliphatic heterocycles. The fourth-order valence-electron chi connectivity index (χ4n) is 2.80. The topological polar surface area (TPSA) is 102 Å². The number of rotatable bonds is 6. The van der Waals surface area contributed by atoms with Crippen molar-refractivity contribution in [2.24, 2.45) is 5.84 Å². The van der Waals surface area contributed by atoms with E-state index in [9.17, 15) is 4.79 Å². The van der Waals surface area contributed by atoms with Crippen molar-refractivity contribution in [1.82, 2.24) is 15.4 Å². The van der Waals surface area contributed by atoms with E-state index >= 15 is 0 Å². The van der Waals surface area contributed by atoms with E-state index in [1.54, 1.807) is 13.3 Å². The van der Waals surface area contributed by atoms with Gasteiger partial charge in [0.2, 0.25) is 0 Å². The number of carbonyl (C=O) groups excluding carboxylic acids is 1. The minimum absolute atomic E-state index is 0.250. The Labute approximate surface area is 139 Å². The highest BCUT2D eigenvalue weighted by molar-refractivity contribution is 6.11. The largest absolute Gasteiger partial charge is 0.494 e. The zero-order valence-corrected chi connectivity index (χ0v) is 13.7. The monoisotopic (exact) mass is 328 g/mol. The standard InChI is InChI=1S/C17H20N4O3/c1-3-6-24-10-4-5-13-11(7-10)15-12(9-23-2)16(17(22)21-18)19-8-14(15)20-13/h4-5,7-8,20H,3,6,9,18H2,1-2H3,(H,21,22). The Hall–Kier alpha value is -2.64. The molecule has 7 heteroatoms. The van der Waals surface area contributed by atoms with Crippen LogP contribution in [0, 0.1) is 0 Å². The first-order valence-corrected chi connectivity index (χ1v) is 7.75. The van der Waals surface area contributed by atoms with Crippen LogP contribution in [0.1, 0.15) is 29.4 Å². The highest BCUT2D eigenvalue weighted by Gasteiger charge is 2.19. The van der Waals surface area contributed by atoms with Crippen molar-refractivity contribution >= 4 is 27.7 Å². The third-order valence-corrected chi connectivity index (χ3v) is 3.82. The smallest absolute Gasteiger partial charge is 0.284 e. The highest BCUT2D eigenvalue weighted by atomic mass is 16.5. The van der Waals surface area contributed by atoms with E-state index in [-0.39, 0.29) is 12.3 Å². The fourth-order valence-corrected chi connectivity index (χ4v) is 2.80. The number of pyridine rings is 1. The second kappa shape index (κ2) is 6.86. The number of H-pyrrole nitrogens is 1. The van der Waals surface area contributed by atoms with E-state index < -0.39 is 5.91 Å². The fraction of sp³-hybridized carbons (Fsp3) is 0.294. The van der Waals surface area contributed by atoms with Crippen molar-refractivity contribution in [3.63, 3.8) is 0 Å². The number of aromatic amines is 1. The van der Waals surface area contributed by atoms with Gasteiger partial charge in [0.15, 0.2) is 0 Å². The molecule has 0 saturated carbocycles. The molecule has 0 atom stereocenters. The van der Waals surface area contributed by atoms with E-state index in [1.165, 1.54) is 0 Å². The van der Waals surface area contributed by atoms with Crippen LogP contribution in [-0.4, -0.2) is 29.6 Å². The lowest BCUT2D eigenvalue weighted by atomic mass is 10.1. The summed E-state index contributed by atoms with van der Waals surface area (Å²) in [6.45, 7) is 2.96. The lowest BCUT2D eigenvalue weighted by Crippen LogP contribution is -2.31. The molecule has 3 rings (SSSR count). The zero-order chi connectivity index (χ0) is 17.1. The number of amides is 1. The Morgan fingerprint density at radius 3 is 2.92 bits per heavy atom. The van der Waals surface area contributed by atoms with Gasteiger partial charge in [-0.2, -0.15) is 0 Å². The number of nitrogens with zero attached hydrogens (tertiary/aromatic N) is 1. The number of aromatic nitrogens is 2. The highest BCUT2D eigenvalue weighted by Crippen LogP contribution is 2.32. The summed E-state index contributed by atoms with van der Waals surface area (Å²) in [4.78, 5) is 19.6. The molecule has 0 aliphatic carbocycles. The molecule has 1 aromatic carbocycles. The lowest BCUT2D eigenvalue weighted by Gasteiger charge is -2.09. The van der Waals surface area contributed by atoms with Crippen LogP contribution >= 0.6 is 0 Å². The minimum atomic E-state index is -0.448. The van der Waals surface area contributed by atoms with Crippen LogP contribution in [0.5, 0.6) is 5.75 Å². The van der Waals surface area contributed by atoms with Gasteiger partial charge >= 0.3 is 0 Å². The van der Waals surface area contributed by atoms with Gasteiger partial charge in [0, 0.05) is 29.0 Å². The van der Waals surface area contributed by atoms with Crippen LogP contribution in [0.3, 0.4) is 0 Å². The summed E-state index contributed by atoms with van der Waals surface area (Å²) in [6, 6.07) is 5.84. The number of ether oxygens (including phenoxy) is 2. The molecule has 0 spiro atoms. The Morgan fingerprint density at radius 1 is 1.38 bits per heavy atom. The Kier molecular flexibility index (Phi) is 4.64. The minimum Gasteiger partial charge on any atom is -0.494 e. The van der Waals surface area contributed by atoms with Crippen LogP contribution in [0.4, 0.5) is 0 Å². The molecular weight excluding hydrogens is 308 g/mol. The molecule has 0 bridgehead atoms. The molecule has 2 heterocycles. The second-order valence-corrected chi connectivity index (χ2v) is 5.46. The average molecular weight is 328 g/mol. The van der Waals surface area contributed by atoms with Crippen LogP contribution in [0.15, 0.2) is 24.4 Å². The van der Waals surface area contributed by atoms with Crippen molar-refractivity contribution in [2.75, 3.05) is 13.7 Å². The number of hydrazine groups is 1. The molecule has 7 nitrogen and oxygen atoms in total. The van der Waals surface area contributed by atoms with Crippen LogP contribution < -0.4 is 16.0 Å². The van der Waals surface area contributed by atoms with Gasteiger partial charge in [-0.1, -0.05) is 6.92 Å². The van der Waals surface area contributed by atoms with Crippen molar-refractivity contribution in [2.45, 2.75) is 20.0 Å². The molecule has 1 amide bonds. The maximum absolute atomic E-state index is 12.0. The van der Waals surface area contributed by atoms with Crippen LogP contribution in [-0.2, 0) is 11.3 Å². The Bertz CT molecular complexity index is 888. The molecule has 3 aromatic rings. The van der Waals surface area contributed by atoms with Gasteiger partial charge in [-0.25, -0.2) is 10.8 Å². The molecule has 4 N–H and O–H groups in total. The molecular formula is C17H20N4O3. The van der Waals surface area contributed by atoms with Crippen LogP contribution in [0.2, 0.25) is 0 Å². The summed E-state index contributed by atoms with van der Waals surface area (Å²) in [5, 5.41) is 1.85. The normalized spacial score (nSPS) is 11.1. The van der Waals surface area contributed by atoms with E-state index in [0.29, 0.717) is 12.2 Å². The van der Waals surface area contributed by atoms with Crippen molar-refractivity contribution in [3.05, 3.63) is 35.7 Å². The molecule has 0 unspecified atom stereocenters. The Balaban J connectivity index is 2.26. The number of methoxy groups -OCH3 is 1. The summed E-state index contributed by atoms with van der Waals surface area (Å²) in [5.74, 6) is 5.61. The summed E-state index contributed by atoms with van der Waals surface area (Å²) in [7, 11) is 1.58. The number of carbonyl (C=O) groups is 1. The predicted molar refractivity (Wildman–Crippen MR) is 91.8 cm³/mol. The van der Waals surface area contributed by atoms with Gasteiger partial charge in [-0.05, 0) is 24.6 Å². The number of nitrogens with two attached hydrogens (primary N) is 1. The number of benzene rings is 1. The van der Waals surface area contributed by atoms with Crippen LogP contribution in [0.25, 0.3) is 21.8 Å². The maximum atomic E-state index is 12.0. The van der Waals surface area contributed by atoms with Crippen molar-refractivity contribution < 1.29 is 14.3 Å². The molecule has 126 valence electrons. The first-order valence-electron chi connectivity index (χ1n) is 7.75. The van der Waals surface area contributed by atoms with Gasteiger partial charge in [0.05, 0.1) is 24.9 Å². The summed E-state index contributed by atoms with van der Waals surface area (Å²) in [6.07, 6.45) is 2.57. The molecule has 0 aliphatic rings. The Morgan fingerprint density at radius 2 is 2.21 bits per heavy atom.